The third-order valence-corrected chi connectivity index (χ3v) is 5.27. The molecule has 1 saturated heterocycles. The van der Waals surface area contributed by atoms with Crippen LogP contribution in [-0.2, 0) is 0 Å². The summed E-state index contributed by atoms with van der Waals surface area (Å²) in [6, 6.07) is 6.19. The van der Waals surface area contributed by atoms with Gasteiger partial charge in [0, 0.05) is 25.0 Å². The molecule has 1 fully saturated rings. The van der Waals surface area contributed by atoms with E-state index in [1.165, 1.54) is 16.9 Å². The molecule has 0 saturated carbocycles. The van der Waals surface area contributed by atoms with Crippen molar-refractivity contribution in [1.29, 1.82) is 0 Å². The summed E-state index contributed by atoms with van der Waals surface area (Å²) in [6.45, 7) is 1.69. The molecule has 3 heterocycles. The Bertz CT molecular complexity index is 659. The van der Waals surface area contributed by atoms with Gasteiger partial charge in [0.15, 0.2) is 0 Å². The van der Waals surface area contributed by atoms with Crippen molar-refractivity contribution in [3.05, 3.63) is 46.4 Å². The first kappa shape index (κ1) is 16.0. The normalized spacial score (nSPS) is 21.3. The van der Waals surface area contributed by atoms with Crippen molar-refractivity contribution in [1.82, 2.24) is 15.2 Å². The van der Waals surface area contributed by atoms with Gasteiger partial charge in [-0.05, 0) is 49.0 Å². The molecule has 1 aliphatic heterocycles. The van der Waals surface area contributed by atoms with Crippen molar-refractivity contribution < 1.29 is 9.53 Å². The summed E-state index contributed by atoms with van der Waals surface area (Å²) in [5.74, 6) is 0.968. The third-order valence-electron chi connectivity index (χ3n) is 4.38. The Kier molecular flexibility index (Phi) is 4.93. The summed E-state index contributed by atoms with van der Waals surface area (Å²) in [5, 5.41) is 4.94. The smallest absolute Gasteiger partial charge is 0.265 e. The second-order valence-electron chi connectivity index (χ2n) is 5.79. The minimum atomic E-state index is -0.0589. The predicted molar refractivity (Wildman–Crippen MR) is 90.9 cm³/mol. The van der Waals surface area contributed by atoms with E-state index in [2.05, 4.69) is 28.3 Å². The van der Waals surface area contributed by atoms with E-state index in [1.54, 1.807) is 13.3 Å². The number of methoxy groups -OCH3 is 1. The monoisotopic (exact) mass is 331 g/mol. The molecular formula is C17H21N3O2S. The van der Waals surface area contributed by atoms with Crippen LogP contribution in [0, 0.1) is 5.92 Å². The Morgan fingerprint density at radius 1 is 1.52 bits per heavy atom. The van der Waals surface area contributed by atoms with Gasteiger partial charge in [-0.1, -0.05) is 6.07 Å². The summed E-state index contributed by atoms with van der Waals surface area (Å²) in [4.78, 5) is 19.6. The van der Waals surface area contributed by atoms with Crippen LogP contribution in [0.25, 0.3) is 0 Å². The Balaban J connectivity index is 1.66. The fourth-order valence-corrected chi connectivity index (χ4v) is 4.02. The van der Waals surface area contributed by atoms with Crippen LogP contribution in [0.15, 0.2) is 36.0 Å². The molecule has 1 amide bonds. The van der Waals surface area contributed by atoms with Crippen molar-refractivity contribution in [2.75, 3.05) is 27.2 Å². The number of thiophene rings is 1. The fraction of sp³-hybridized carbons (Fsp3) is 0.412. The zero-order valence-electron chi connectivity index (χ0n) is 13.4. The van der Waals surface area contributed by atoms with Gasteiger partial charge in [-0.2, -0.15) is 0 Å². The molecule has 6 heteroatoms. The summed E-state index contributed by atoms with van der Waals surface area (Å²) >= 11 is 1.40. The number of amides is 1. The standard InChI is InChI=1S/C17H21N3O2S/c1-20-8-5-13(15(20)12-4-3-7-18-10-12)11-19-17(21)16-14(22-2)6-9-23-16/h3-4,6-7,9-10,13,15H,5,8,11H2,1-2H3,(H,19,21)/t13-,15-/m0/s1. The van der Waals surface area contributed by atoms with Crippen molar-refractivity contribution in [2.45, 2.75) is 12.5 Å². The maximum absolute atomic E-state index is 12.4. The van der Waals surface area contributed by atoms with Gasteiger partial charge in [-0.25, -0.2) is 0 Å². The Hall–Kier alpha value is -1.92. The van der Waals surface area contributed by atoms with Gasteiger partial charge in [0.2, 0.25) is 0 Å². The highest BCUT2D eigenvalue weighted by atomic mass is 32.1. The number of nitrogens with one attached hydrogen (secondary N) is 1. The van der Waals surface area contributed by atoms with E-state index >= 15 is 0 Å². The van der Waals surface area contributed by atoms with Crippen molar-refractivity contribution >= 4 is 17.2 Å². The molecule has 0 bridgehead atoms. The number of hydrogen-bond acceptors (Lipinski definition) is 5. The minimum Gasteiger partial charge on any atom is -0.495 e. The van der Waals surface area contributed by atoms with Crippen LogP contribution >= 0.6 is 11.3 Å². The van der Waals surface area contributed by atoms with Gasteiger partial charge in [0.1, 0.15) is 10.6 Å². The van der Waals surface area contributed by atoms with Gasteiger partial charge < -0.3 is 10.1 Å². The molecule has 0 radical (unpaired) electrons. The first-order chi connectivity index (χ1) is 11.2. The molecule has 0 aromatic carbocycles. The molecule has 1 N–H and O–H groups in total. The van der Waals surface area contributed by atoms with Crippen LogP contribution in [0.2, 0.25) is 0 Å². The van der Waals surface area contributed by atoms with E-state index in [4.69, 9.17) is 4.74 Å². The van der Waals surface area contributed by atoms with E-state index in [9.17, 15) is 4.79 Å². The van der Waals surface area contributed by atoms with Crippen LogP contribution < -0.4 is 10.1 Å². The van der Waals surface area contributed by atoms with E-state index < -0.39 is 0 Å². The highest BCUT2D eigenvalue weighted by Gasteiger charge is 2.33. The third kappa shape index (κ3) is 3.38. The average Bonchev–Trinajstić information content (AvgIpc) is 3.19. The fourth-order valence-electron chi connectivity index (χ4n) is 3.25. The molecule has 0 unspecified atom stereocenters. The molecular weight excluding hydrogens is 310 g/mol. The van der Waals surface area contributed by atoms with Gasteiger partial charge in [0.05, 0.1) is 7.11 Å². The first-order valence-corrected chi connectivity index (χ1v) is 8.58. The van der Waals surface area contributed by atoms with Gasteiger partial charge in [-0.15, -0.1) is 11.3 Å². The quantitative estimate of drug-likeness (QED) is 0.915. The summed E-state index contributed by atoms with van der Waals surface area (Å²) in [5.41, 5.74) is 1.21. The molecule has 23 heavy (non-hydrogen) atoms. The molecule has 1 aliphatic rings. The van der Waals surface area contributed by atoms with Crippen molar-refractivity contribution in [2.24, 2.45) is 5.92 Å². The number of pyridine rings is 1. The number of hydrogen-bond donors (Lipinski definition) is 1. The van der Waals surface area contributed by atoms with Gasteiger partial charge in [-0.3, -0.25) is 14.7 Å². The largest absolute Gasteiger partial charge is 0.495 e. The summed E-state index contributed by atoms with van der Waals surface area (Å²) in [7, 11) is 3.71. The van der Waals surface area contributed by atoms with Crippen LogP contribution in [0.3, 0.4) is 0 Å². The SMILES string of the molecule is COc1ccsc1C(=O)NC[C@@H]1CCN(C)[C@H]1c1cccnc1. The van der Waals surface area contributed by atoms with E-state index in [0.717, 1.165) is 13.0 Å². The molecule has 0 spiro atoms. The lowest BCUT2D eigenvalue weighted by Crippen LogP contribution is -2.32. The van der Waals surface area contributed by atoms with E-state index in [1.807, 2.05) is 23.7 Å². The average molecular weight is 331 g/mol. The second kappa shape index (κ2) is 7.10. The highest BCUT2D eigenvalue weighted by Crippen LogP contribution is 2.35. The lowest BCUT2D eigenvalue weighted by molar-refractivity contribution is 0.0945. The van der Waals surface area contributed by atoms with Crippen molar-refractivity contribution in [3.8, 4) is 5.75 Å². The zero-order chi connectivity index (χ0) is 16.2. The Labute approximate surface area is 140 Å². The lowest BCUT2D eigenvalue weighted by atomic mass is 9.95. The van der Waals surface area contributed by atoms with Gasteiger partial charge in [0.25, 0.3) is 5.91 Å². The molecule has 5 nitrogen and oxygen atoms in total. The van der Waals surface area contributed by atoms with Crippen LogP contribution in [-0.4, -0.2) is 43.0 Å². The number of rotatable bonds is 5. The van der Waals surface area contributed by atoms with Crippen LogP contribution in [0.4, 0.5) is 0 Å². The Morgan fingerprint density at radius 3 is 3.13 bits per heavy atom. The first-order valence-electron chi connectivity index (χ1n) is 7.70. The lowest BCUT2D eigenvalue weighted by Gasteiger charge is -2.25. The number of carbonyl (C=O) groups is 1. The number of ether oxygens (including phenoxy) is 1. The number of carbonyl (C=O) groups excluding carboxylic acids is 1. The van der Waals surface area contributed by atoms with Crippen LogP contribution in [0.5, 0.6) is 5.75 Å². The summed E-state index contributed by atoms with van der Waals surface area (Å²) in [6.07, 6.45) is 4.78. The predicted octanol–water partition coefficient (Wildman–Crippen LogP) is 2.57. The number of nitrogens with zero attached hydrogens (tertiary/aromatic N) is 2. The number of aromatic nitrogens is 1. The molecule has 0 aliphatic carbocycles. The Morgan fingerprint density at radius 2 is 2.39 bits per heavy atom. The van der Waals surface area contributed by atoms with Gasteiger partial charge >= 0.3 is 0 Å². The molecule has 122 valence electrons. The topological polar surface area (TPSA) is 54.5 Å². The highest BCUT2D eigenvalue weighted by molar-refractivity contribution is 7.12. The number of likely N-dealkylation sites (tertiary alicyclic amines) is 1. The molecule has 2 atom stereocenters. The van der Waals surface area contributed by atoms with E-state index in [-0.39, 0.29) is 5.91 Å². The maximum Gasteiger partial charge on any atom is 0.265 e. The molecule has 2 aromatic rings. The molecule has 3 rings (SSSR count). The van der Waals surface area contributed by atoms with Crippen LogP contribution in [0.1, 0.15) is 27.7 Å². The maximum atomic E-state index is 12.4. The van der Waals surface area contributed by atoms with E-state index in [0.29, 0.717) is 29.1 Å². The van der Waals surface area contributed by atoms with Crippen molar-refractivity contribution in [3.63, 3.8) is 0 Å². The zero-order valence-corrected chi connectivity index (χ0v) is 14.2. The summed E-state index contributed by atoms with van der Waals surface area (Å²) < 4.78 is 5.22. The second-order valence-corrected chi connectivity index (χ2v) is 6.70. The molecule has 2 aromatic heterocycles. The minimum absolute atomic E-state index is 0.0589.